The number of fused-ring (bicyclic) bond motifs is 1. The highest BCUT2D eigenvalue weighted by molar-refractivity contribution is 7.14. The van der Waals surface area contributed by atoms with Crippen molar-refractivity contribution in [3.63, 3.8) is 0 Å². The van der Waals surface area contributed by atoms with Crippen LogP contribution in [0.25, 0.3) is 0 Å². The van der Waals surface area contributed by atoms with Crippen molar-refractivity contribution in [1.29, 1.82) is 0 Å². The molecule has 0 fully saturated rings. The summed E-state index contributed by atoms with van der Waals surface area (Å²) in [6.07, 6.45) is -3.86. The number of rotatable bonds is 4. The number of nitrogens with one attached hydrogen (secondary N) is 1. The zero-order valence-corrected chi connectivity index (χ0v) is 20.6. The molecule has 3 aromatic rings. The van der Waals surface area contributed by atoms with Crippen molar-refractivity contribution in [2.24, 2.45) is 5.16 Å². The van der Waals surface area contributed by atoms with E-state index in [-0.39, 0.29) is 24.8 Å². The van der Waals surface area contributed by atoms with E-state index in [0.717, 1.165) is 27.6 Å². The zero-order chi connectivity index (χ0) is 25.0. The Balaban J connectivity index is 1.30. The number of amides is 1. The largest absolute Gasteiger partial charge is 0.435 e. The number of thiazole rings is 1. The van der Waals surface area contributed by atoms with E-state index in [1.807, 2.05) is 5.38 Å². The molecule has 5 rings (SSSR count). The Morgan fingerprint density at radius 1 is 1.23 bits per heavy atom. The number of carbonyl (C=O) groups is 1. The highest BCUT2D eigenvalue weighted by Gasteiger charge is 2.63. The average molecular weight is 565 g/mol. The third kappa shape index (κ3) is 4.37. The quantitative estimate of drug-likeness (QED) is 0.307. The summed E-state index contributed by atoms with van der Waals surface area (Å²) in [5.41, 5.74) is -2.46. The predicted octanol–water partition coefficient (Wildman–Crippen LogP) is 6.09. The molecule has 0 saturated heterocycles. The Bertz CT molecular complexity index is 1280. The molecular weight excluding hydrogens is 551 g/mol. The number of halogens is 6. The Morgan fingerprint density at radius 3 is 2.60 bits per heavy atom. The van der Waals surface area contributed by atoms with Crippen LogP contribution in [0.4, 0.5) is 17.6 Å². The topological polar surface area (TPSA) is 66.8 Å². The average Bonchev–Trinajstić information content (AvgIpc) is 3.57. The van der Waals surface area contributed by atoms with E-state index in [9.17, 15) is 22.4 Å². The molecule has 2 aromatic heterocycles. The van der Waals surface area contributed by atoms with Gasteiger partial charge < -0.3 is 15.1 Å². The van der Waals surface area contributed by atoms with Crippen LogP contribution >= 0.6 is 45.9 Å². The molecular formula is C21H14Cl2F4N4O2S2. The van der Waals surface area contributed by atoms with Gasteiger partial charge in [-0.2, -0.15) is 13.2 Å². The van der Waals surface area contributed by atoms with Gasteiger partial charge in [-0.15, -0.1) is 22.7 Å². The first kappa shape index (κ1) is 24.3. The first-order valence-electron chi connectivity index (χ1n) is 10.1. The second-order valence-corrected chi connectivity index (χ2v) is 10.8. The lowest BCUT2D eigenvalue weighted by molar-refractivity contribution is -0.275. The number of amidine groups is 1. The summed E-state index contributed by atoms with van der Waals surface area (Å²) in [4.78, 5) is 24.6. The third-order valence-corrected chi connectivity index (χ3v) is 8.18. The molecule has 6 nitrogen and oxygen atoms in total. The van der Waals surface area contributed by atoms with Crippen LogP contribution in [0.1, 0.15) is 37.1 Å². The summed E-state index contributed by atoms with van der Waals surface area (Å²) in [6, 6.07) is 3.43. The van der Waals surface area contributed by atoms with Gasteiger partial charge in [0.25, 0.3) is 11.5 Å². The van der Waals surface area contributed by atoms with Crippen LogP contribution in [-0.4, -0.2) is 27.8 Å². The maximum atomic E-state index is 14.2. The fourth-order valence-electron chi connectivity index (χ4n) is 3.89. The Kier molecular flexibility index (Phi) is 6.19. The van der Waals surface area contributed by atoms with Gasteiger partial charge >= 0.3 is 6.18 Å². The monoisotopic (exact) mass is 564 g/mol. The first-order valence-corrected chi connectivity index (χ1v) is 12.5. The van der Waals surface area contributed by atoms with Gasteiger partial charge in [0, 0.05) is 28.6 Å². The molecule has 0 spiro atoms. The van der Waals surface area contributed by atoms with Crippen molar-refractivity contribution in [3.05, 3.63) is 71.5 Å². The fourth-order valence-corrected chi connectivity index (χ4v) is 6.04. The SMILES string of the molecule is O=C(NCc1nccs1)c1cc2c(s1)CN(C1=NOC(c3cc(Cl)c(F)c(Cl)c3)(C(F)(F)F)C1)C2. The number of alkyl halides is 3. The van der Waals surface area contributed by atoms with E-state index in [1.54, 1.807) is 17.2 Å². The van der Waals surface area contributed by atoms with Crippen LogP contribution in [-0.2, 0) is 30.1 Å². The van der Waals surface area contributed by atoms with Crippen molar-refractivity contribution in [3.8, 4) is 0 Å². The van der Waals surface area contributed by atoms with E-state index >= 15 is 0 Å². The van der Waals surface area contributed by atoms with Crippen LogP contribution in [0.15, 0.2) is 34.9 Å². The summed E-state index contributed by atoms with van der Waals surface area (Å²) in [5.74, 6) is -1.17. The Hall–Kier alpha value is -2.41. The first-order chi connectivity index (χ1) is 16.6. The van der Waals surface area contributed by atoms with Crippen molar-refractivity contribution in [2.45, 2.75) is 37.8 Å². The number of aromatic nitrogens is 1. The van der Waals surface area contributed by atoms with Gasteiger partial charge in [0.05, 0.1) is 34.4 Å². The molecule has 0 saturated carbocycles. The van der Waals surface area contributed by atoms with Crippen LogP contribution in [0.2, 0.25) is 10.0 Å². The van der Waals surface area contributed by atoms with Gasteiger partial charge in [-0.05, 0) is 23.8 Å². The highest BCUT2D eigenvalue weighted by atomic mass is 35.5. The molecule has 14 heteroatoms. The van der Waals surface area contributed by atoms with Gasteiger partial charge in [0.1, 0.15) is 10.8 Å². The van der Waals surface area contributed by atoms with E-state index in [4.69, 9.17) is 28.0 Å². The lowest BCUT2D eigenvalue weighted by Gasteiger charge is -2.30. The minimum absolute atomic E-state index is 0.0806. The molecule has 1 N–H and O–H groups in total. The summed E-state index contributed by atoms with van der Waals surface area (Å²) in [6.45, 7) is 0.865. The molecule has 1 unspecified atom stereocenters. The van der Waals surface area contributed by atoms with Crippen LogP contribution in [0, 0.1) is 5.82 Å². The molecule has 2 aliphatic heterocycles. The van der Waals surface area contributed by atoms with Crippen molar-refractivity contribution >= 4 is 57.6 Å². The van der Waals surface area contributed by atoms with Gasteiger partial charge in [0.2, 0.25) is 0 Å². The lowest BCUT2D eigenvalue weighted by Crippen LogP contribution is -2.44. The van der Waals surface area contributed by atoms with Crippen LogP contribution < -0.4 is 5.32 Å². The van der Waals surface area contributed by atoms with Crippen molar-refractivity contribution < 1.29 is 27.2 Å². The molecule has 1 aromatic carbocycles. The van der Waals surface area contributed by atoms with E-state index in [1.165, 1.54) is 22.7 Å². The molecule has 184 valence electrons. The predicted molar refractivity (Wildman–Crippen MR) is 124 cm³/mol. The van der Waals surface area contributed by atoms with Crippen LogP contribution in [0.5, 0.6) is 0 Å². The van der Waals surface area contributed by atoms with E-state index < -0.39 is 39.6 Å². The van der Waals surface area contributed by atoms with Gasteiger partial charge in [-0.25, -0.2) is 9.37 Å². The van der Waals surface area contributed by atoms with Gasteiger partial charge in [-0.1, -0.05) is 28.4 Å². The number of hydrogen-bond acceptors (Lipinski definition) is 7. The molecule has 0 bridgehead atoms. The zero-order valence-electron chi connectivity index (χ0n) is 17.5. The maximum Gasteiger partial charge on any atom is 0.435 e. The summed E-state index contributed by atoms with van der Waals surface area (Å²) in [5, 5.41) is 8.05. The normalized spacial score (nSPS) is 19.5. The van der Waals surface area contributed by atoms with Crippen LogP contribution in [0.3, 0.4) is 0 Å². The molecule has 1 amide bonds. The smallest absolute Gasteiger partial charge is 0.372 e. The molecule has 0 radical (unpaired) electrons. The maximum absolute atomic E-state index is 14.2. The number of benzene rings is 1. The third-order valence-electron chi connectivity index (χ3n) is 5.69. The standard InChI is InChI=1S/C21H14Cl2F4N4O2S2/c22-12-4-11(5-13(23)18(12)24)20(21(25,26)27)6-16(30-33-20)31-8-10-3-14(35-15(10)9-31)19(32)29-7-17-28-1-2-34-17/h1-5H,6-9H2,(H,29,32). The van der Waals surface area contributed by atoms with Gasteiger partial charge in [-0.3, -0.25) is 4.79 Å². The Labute approximate surface area is 214 Å². The number of carbonyl (C=O) groups excluding carboxylic acids is 1. The van der Waals surface area contributed by atoms with Crippen molar-refractivity contribution in [2.75, 3.05) is 0 Å². The summed E-state index contributed by atoms with van der Waals surface area (Å²) in [7, 11) is 0. The summed E-state index contributed by atoms with van der Waals surface area (Å²) >= 11 is 14.2. The molecule has 1 atom stereocenters. The Morgan fingerprint density at radius 2 is 1.97 bits per heavy atom. The fraction of sp³-hybridized carbons (Fsp3) is 0.286. The highest BCUT2D eigenvalue weighted by Crippen LogP contribution is 2.50. The minimum Gasteiger partial charge on any atom is -0.372 e. The number of oxime groups is 1. The lowest BCUT2D eigenvalue weighted by atomic mass is 9.89. The summed E-state index contributed by atoms with van der Waals surface area (Å²) < 4.78 is 56.4. The number of hydrogen-bond donors (Lipinski definition) is 1. The van der Waals surface area contributed by atoms with Crippen molar-refractivity contribution in [1.82, 2.24) is 15.2 Å². The second kappa shape index (κ2) is 8.91. The number of nitrogens with zero attached hydrogens (tertiary/aromatic N) is 3. The minimum atomic E-state index is -4.88. The van der Waals surface area contributed by atoms with E-state index in [2.05, 4.69) is 15.5 Å². The molecule has 4 heterocycles. The molecule has 35 heavy (non-hydrogen) atoms. The molecule has 2 aliphatic rings. The van der Waals surface area contributed by atoms with E-state index in [0.29, 0.717) is 11.4 Å². The van der Waals surface area contributed by atoms with Gasteiger partial charge in [0.15, 0.2) is 5.82 Å². The second-order valence-electron chi connectivity index (χ2n) is 7.88. The number of thiophene rings is 1. The molecule has 0 aliphatic carbocycles.